The maximum Gasteiger partial charge on any atom is 0.239 e. The van der Waals surface area contributed by atoms with Crippen molar-refractivity contribution < 1.29 is 4.79 Å². The Hall–Kier alpha value is -2.65. The summed E-state index contributed by atoms with van der Waals surface area (Å²) in [5.41, 5.74) is 1.78. The molecule has 1 aliphatic heterocycles. The van der Waals surface area contributed by atoms with Crippen molar-refractivity contribution in [2.24, 2.45) is 0 Å². The summed E-state index contributed by atoms with van der Waals surface area (Å²) in [5.74, 6) is 0.888. The highest BCUT2D eigenvalue weighted by Gasteiger charge is 2.23. The minimum Gasteiger partial charge on any atom is -0.364 e. The van der Waals surface area contributed by atoms with Gasteiger partial charge in [0.2, 0.25) is 16.0 Å². The number of carbonyl (C=O) groups excluding carboxylic acids is 1. The van der Waals surface area contributed by atoms with Gasteiger partial charge in [0.25, 0.3) is 0 Å². The van der Waals surface area contributed by atoms with E-state index in [2.05, 4.69) is 48.4 Å². The lowest BCUT2D eigenvalue weighted by molar-refractivity contribution is -0.119. The summed E-state index contributed by atoms with van der Waals surface area (Å²) in [6.07, 6.45) is 4.94. The molecule has 3 aromatic rings. The largest absolute Gasteiger partial charge is 0.364 e. The first-order valence-corrected chi connectivity index (χ1v) is 13.1. The monoisotopic (exact) mass is 483 g/mol. The van der Waals surface area contributed by atoms with Crippen LogP contribution in [0.2, 0.25) is 0 Å². The molecule has 0 saturated carbocycles. The lowest BCUT2D eigenvalue weighted by Gasteiger charge is -2.26. The van der Waals surface area contributed by atoms with E-state index in [-0.39, 0.29) is 18.0 Å². The summed E-state index contributed by atoms with van der Waals surface area (Å²) in [4.78, 5) is 22.6. The van der Waals surface area contributed by atoms with Gasteiger partial charge in [-0.25, -0.2) is 4.98 Å². The topological polar surface area (TPSA) is 77.8 Å². The number of likely N-dealkylation sites (N-methyl/N-ethyl adjacent to an activating group) is 1. The fraction of sp³-hybridized carbons (Fsp3) is 0.560. The Morgan fingerprint density at radius 1 is 1.15 bits per heavy atom. The number of fused-ring (bicyclic) bond motifs is 1. The maximum atomic E-state index is 12.5. The van der Waals surface area contributed by atoms with E-state index in [1.54, 1.807) is 0 Å². The molecule has 1 fully saturated rings. The van der Waals surface area contributed by atoms with Crippen molar-refractivity contribution in [3.63, 3.8) is 0 Å². The Balaban J connectivity index is 1.40. The van der Waals surface area contributed by atoms with Gasteiger partial charge >= 0.3 is 0 Å². The second kappa shape index (κ2) is 10.7. The average Bonchev–Trinajstić information content (AvgIpc) is 3.37. The zero-order valence-electron chi connectivity index (χ0n) is 20.8. The number of nitrogens with one attached hydrogen (secondary N) is 2. The molecule has 0 atom stereocenters. The van der Waals surface area contributed by atoms with Crippen molar-refractivity contribution in [2.75, 3.05) is 50.0 Å². The van der Waals surface area contributed by atoms with Crippen LogP contribution < -0.4 is 15.5 Å². The quantitative estimate of drug-likeness (QED) is 0.446. The molecular formula is C25H37N7OS. The Morgan fingerprint density at radius 2 is 1.88 bits per heavy atom. The number of hydrogen-bond donors (Lipinski definition) is 2. The molecule has 0 bridgehead atoms. The molecule has 9 heteroatoms. The number of piperidine rings is 1. The number of amides is 1. The van der Waals surface area contributed by atoms with Gasteiger partial charge in [0.15, 0.2) is 5.82 Å². The summed E-state index contributed by atoms with van der Waals surface area (Å²) >= 11 is 1.49. The third kappa shape index (κ3) is 6.27. The van der Waals surface area contributed by atoms with E-state index in [0.29, 0.717) is 6.54 Å². The summed E-state index contributed by atoms with van der Waals surface area (Å²) in [6, 6.07) is 10.2. The Bertz CT molecular complexity index is 1080. The smallest absolute Gasteiger partial charge is 0.239 e. The predicted octanol–water partition coefficient (Wildman–Crippen LogP) is 4.10. The second-order valence-electron chi connectivity index (χ2n) is 10.1. The van der Waals surface area contributed by atoms with Gasteiger partial charge < -0.3 is 20.4 Å². The van der Waals surface area contributed by atoms with Gasteiger partial charge in [-0.15, -0.1) is 5.10 Å². The number of anilines is 2. The minimum absolute atomic E-state index is 0.0204. The first-order valence-electron chi connectivity index (χ1n) is 12.2. The number of carbonyl (C=O) groups is 1. The van der Waals surface area contributed by atoms with E-state index in [9.17, 15) is 4.79 Å². The zero-order chi connectivity index (χ0) is 24.1. The molecule has 1 aliphatic rings. The molecule has 1 saturated heterocycles. The first-order chi connectivity index (χ1) is 16.3. The molecule has 1 amide bonds. The fourth-order valence-corrected chi connectivity index (χ4v) is 5.07. The Morgan fingerprint density at radius 3 is 2.59 bits per heavy atom. The molecule has 0 unspecified atom stereocenters. The van der Waals surface area contributed by atoms with E-state index >= 15 is 0 Å². The molecular weight excluding hydrogens is 446 g/mol. The van der Waals surface area contributed by atoms with Crippen LogP contribution in [-0.4, -0.2) is 70.7 Å². The molecule has 184 valence electrons. The van der Waals surface area contributed by atoms with E-state index in [1.807, 2.05) is 34.7 Å². The second-order valence-corrected chi connectivity index (χ2v) is 11.0. The van der Waals surface area contributed by atoms with Crippen LogP contribution in [-0.2, 0) is 4.79 Å². The molecule has 4 rings (SSSR count). The lowest BCUT2D eigenvalue weighted by Crippen LogP contribution is -2.37. The fourth-order valence-electron chi connectivity index (χ4n) is 4.21. The predicted molar refractivity (Wildman–Crippen MR) is 141 cm³/mol. The number of likely N-dealkylation sites (tertiary alicyclic amines) is 1. The van der Waals surface area contributed by atoms with Gasteiger partial charge in [0.05, 0.1) is 6.54 Å². The maximum absolute atomic E-state index is 12.5. The molecule has 2 N–H and O–H groups in total. The minimum atomic E-state index is -0.150. The van der Waals surface area contributed by atoms with Crippen LogP contribution in [0.15, 0.2) is 30.3 Å². The number of hydrogen-bond acceptors (Lipinski definition) is 7. The summed E-state index contributed by atoms with van der Waals surface area (Å²) in [7, 11) is 1.90. The molecule has 2 aromatic heterocycles. The number of aromatic nitrogens is 3. The summed E-state index contributed by atoms with van der Waals surface area (Å²) < 4.78 is 1.86. The lowest BCUT2D eigenvalue weighted by atomic mass is 10.1. The van der Waals surface area contributed by atoms with Gasteiger partial charge in [-0.1, -0.05) is 48.1 Å². The number of imidazole rings is 1. The molecule has 8 nitrogen and oxygen atoms in total. The number of benzene rings is 1. The number of rotatable bonds is 9. The molecule has 0 radical (unpaired) electrons. The normalized spacial score (nSPS) is 14.9. The van der Waals surface area contributed by atoms with Crippen molar-refractivity contribution >= 4 is 33.2 Å². The highest BCUT2D eigenvalue weighted by Crippen LogP contribution is 2.34. The van der Waals surface area contributed by atoms with Gasteiger partial charge in [0, 0.05) is 24.7 Å². The van der Waals surface area contributed by atoms with E-state index in [0.717, 1.165) is 40.1 Å². The van der Waals surface area contributed by atoms with E-state index < -0.39 is 0 Å². The van der Waals surface area contributed by atoms with Crippen molar-refractivity contribution in [3.05, 3.63) is 30.3 Å². The highest BCUT2D eigenvalue weighted by atomic mass is 32.1. The summed E-state index contributed by atoms with van der Waals surface area (Å²) in [6.45, 7) is 10.8. The van der Waals surface area contributed by atoms with Crippen LogP contribution in [0.1, 0.15) is 46.5 Å². The van der Waals surface area contributed by atoms with Crippen LogP contribution in [0, 0.1) is 0 Å². The van der Waals surface area contributed by atoms with Crippen molar-refractivity contribution in [3.8, 4) is 11.3 Å². The van der Waals surface area contributed by atoms with Gasteiger partial charge in [0.1, 0.15) is 5.69 Å². The Labute approximate surface area is 206 Å². The number of nitrogens with zero attached hydrogens (tertiary/aromatic N) is 5. The van der Waals surface area contributed by atoms with E-state index in [1.165, 1.54) is 43.7 Å². The highest BCUT2D eigenvalue weighted by molar-refractivity contribution is 7.20. The zero-order valence-corrected chi connectivity index (χ0v) is 21.6. The average molecular weight is 484 g/mol. The molecule has 3 heterocycles. The van der Waals surface area contributed by atoms with Crippen molar-refractivity contribution in [1.82, 2.24) is 24.8 Å². The van der Waals surface area contributed by atoms with Crippen LogP contribution >= 0.6 is 11.3 Å². The van der Waals surface area contributed by atoms with Gasteiger partial charge in [-0.3, -0.25) is 4.79 Å². The molecule has 1 aromatic carbocycles. The standard InChI is InChI=1S/C25H37N7OS/c1-25(2,3)28-22-21(19-12-7-5-8-13-19)27-23-32(22)29-24(34-23)30(4)18-20(33)26-14-11-17-31-15-9-6-10-16-31/h5,7-8,12-13,28H,6,9-11,14-18H2,1-4H3,(H,26,33). The van der Waals surface area contributed by atoms with Gasteiger partial charge in [-0.05, 0) is 59.7 Å². The van der Waals surface area contributed by atoms with Crippen molar-refractivity contribution in [1.29, 1.82) is 0 Å². The van der Waals surface area contributed by atoms with Crippen LogP contribution in [0.25, 0.3) is 16.2 Å². The third-order valence-corrected chi connectivity index (χ3v) is 6.89. The molecule has 0 aliphatic carbocycles. The van der Waals surface area contributed by atoms with Crippen molar-refractivity contribution in [2.45, 2.75) is 52.0 Å². The van der Waals surface area contributed by atoms with Crippen LogP contribution in [0.5, 0.6) is 0 Å². The van der Waals surface area contributed by atoms with Crippen LogP contribution in [0.4, 0.5) is 10.9 Å². The van der Waals surface area contributed by atoms with Gasteiger partial charge in [-0.2, -0.15) is 4.52 Å². The Kier molecular flexibility index (Phi) is 7.73. The van der Waals surface area contributed by atoms with Crippen LogP contribution in [0.3, 0.4) is 0 Å². The molecule has 34 heavy (non-hydrogen) atoms. The SMILES string of the molecule is CN(CC(=O)NCCCN1CCCCC1)c1nn2c(NC(C)(C)C)c(-c3ccccc3)nc2s1. The van der Waals surface area contributed by atoms with E-state index in [4.69, 9.17) is 10.1 Å². The first kappa shape index (κ1) is 24.5. The third-order valence-electron chi connectivity index (χ3n) is 5.86. The summed E-state index contributed by atoms with van der Waals surface area (Å²) in [5, 5.41) is 12.2. The molecule has 0 spiro atoms.